The van der Waals surface area contributed by atoms with Crippen LogP contribution in [-0.4, -0.2) is 11.6 Å². The summed E-state index contributed by atoms with van der Waals surface area (Å²) < 4.78 is 0. The molecule has 2 aromatic rings. The van der Waals surface area contributed by atoms with Crippen molar-refractivity contribution in [3.63, 3.8) is 0 Å². The number of nitrogens with two attached hydrogens (primary N) is 2. The van der Waals surface area contributed by atoms with Gasteiger partial charge in [0.2, 0.25) is 0 Å². The van der Waals surface area contributed by atoms with Crippen LogP contribution in [0.25, 0.3) is 11.1 Å². The highest BCUT2D eigenvalue weighted by Crippen LogP contribution is 2.49. The maximum Gasteiger partial charge on any atom is 0.160 e. The highest BCUT2D eigenvalue weighted by molar-refractivity contribution is 6.07. The quantitative estimate of drug-likeness (QED) is 0.683. The summed E-state index contributed by atoms with van der Waals surface area (Å²) in [6.07, 6.45) is 8.22. The topological polar surface area (TPSA) is 86.2 Å². The molecule has 4 N–H and O–H groups in total. The molecule has 0 saturated heterocycles. The van der Waals surface area contributed by atoms with Crippen LogP contribution in [0.2, 0.25) is 0 Å². The Balaban J connectivity index is 1.80. The molecule has 156 valence electrons. The number of benzene rings is 2. The fourth-order valence-electron chi connectivity index (χ4n) is 4.35. The van der Waals surface area contributed by atoms with Crippen molar-refractivity contribution in [3.8, 4) is 0 Å². The first kappa shape index (κ1) is 20.6. The minimum Gasteiger partial charge on any atom is -0.399 e. The van der Waals surface area contributed by atoms with Gasteiger partial charge in [0.25, 0.3) is 0 Å². The maximum atomic E-state index is 12.3. The molecule has 4 rings (SSSR count). The second kappa shape index (κ2) is 7.88. The number of nitrogen functional groups attached to an aromatic ring is 2. The molecule has 0 amide bonds. The van der Waals surface area contributed by atoms with E-state index in [0.29, 0.717) is 24.2 Å². The Morgan fingerprint density at radius 2 is 1.00 bits per heavy atom. The minimum absolute atomic E-state index is 0.0773. The van der Waals surface area contributed by atoms with Crippen molar-refractivity contribution in [2.24, 2.45) is 5.41 Å². The summed E-state index contributed by atoms with van der Waals surface area (Å²) >= 11 is 0. The molecule has 0 spiro atoms. The van der Waals surface area contributed by atoms with Gasteiger partial charge < -0.3 is 11.5 Å². The van der Waals surface area contributed by atoms with E-state index in [0.717, 1.165) is 33.4 Å². The Bertz CT molecular complexity index is 1080. The van der Waals surface area contributed by atoms with Crippen LogP contribution < -0.4 is 11.5 Å². The zero-order valence-electron chi connectivity index (χ0n) is 17.8. The number of hydrogen-bond donors (Lipinski definition) is 2. The zero-order valence-corrected chi connectivity index (χ0v) is 17.8. The van der Waals surface area contributed by atoms with Crippen molar-refractivity contribution < 1.29 is 9.59 Å². The predicted octanol–water partition coefficient (Wildman–Crippen LogP) is 5.14. The van der Waals surface area contributed by atoms with Gasteiger partial charge in [-0.25, -0.2) is 0 Å². The first-order chi connectivity index (χ1) is 14.8. The number of rotatable bonds is 4. The van der Waals surface area contributed by atoms with Crippen LogP contribution in [0.1, 0.15) is 37.8 Å². The molecule has 0 aliphatic heterocycles. The lowest BCUT2D eigenvalue weighted by atomic mass is 9.66. The molecule has 2 aromatic carbocycles. The second-order valence-electron chi connectivity index (χ2n) is 8.56. The molecule has 0 radical (unpaired) electrons. The van der Waals surface area contributed by atoms with E-state index < -0.39 is 5.41 Å². The van der Waals surface area contributed by atoms with Crippen molar-refractivity contribution >= 4 is 34.1 Å². The number of hydrogen-bond acceptors (Lipinski definition) is 4. The molecular weight excluding hydrogens is 384 g/mol. The average molecular weight is 411 g/mol. The molecule has 2 aliphatic rings. The zero-order chi connectivity index (χ0) is 22.2. The lowest BCUT2D eigenvalue weighted by molar-refractivity contribution is -0.114. The van der Waals surface area contributed by atoms with Crippen LogP contribution in [-0.2, 0) is 9.59 Å². The van der Waals surface area contributed by atoms with Crippen molar-refractivity contribution in [1.29, 1.82) is 0 Å². The van der Waals surface area contributed by atoms with E-state index in [-0.39, 0.29) is 11.6 Å². The van der Waals surface area contributed by atoms with Gasteiger partial charge in [0.15, 0.2) is 11.6 Å². The number of allylic oxidation sites excluding steroid dienone is 8. The summed E-state index contributed by atoms with van der Waals surface area (Å²) in [5.74, 6) is 0.155. The van der Waals surface area contributed by atoms with Crippen molar-refractivity contribution in [2.75, 3.05) is 11.5 Å². The molecule has 0 unspecified atom stereocenters. The van der Waals surface area contributed by atoms with E-state index in [2.05, 4.69) is 13.8 Å². The van der Waals surface area contributed by atoms with Crippen LogP contribution in [0, 0.1) is 5.41 Å². The molecular formula is C27H26N2O2. The fraction of sp³-hybridized carbons (Fsp3) is 0.185. The molecule has 31 heavy (non-hydrogen) atoms. The second-order valence-corrected chi connectivity index (χ2v) is 8.56. The third-order valence-corrected chi connectivity index (χ3v) is 6.00. The average Bonchev–Trinajstić information content (AvgIpc) is 2.74. The normalized spacial score (nSPS) is 17.0. The van der Waals surface area contributed by atoms with Gasteiger partial charge in [-0.2, -0.15) is 0 Å². The molecule has 4 nitrogen and oxygen atoms in total. The molecule has 0 aromatic heterocycles. The van der Waals surface area contributed by atoms with Crippen molar-refractivity contribution in [2.45, 2.75) is 26.7 Å². The molecule has 0 bridgehead atoms. The SMILES string of the molecule is CC(C)(C1=CCC(=O)C=C1c1ccc(N)cc1)C1=CCC(=O)C=C1c1ccc(N)cc1. The first-order valence-corrected chi connectivity index (χ1v) is 10.4. The van der Waals surface area contributed by atoms with Gasteiger partial charge in [0.1, 0.15) is 0 Å². The Kier molecular flexibility index (Phi) is 5.24. The fourth-order valence-corrected chi connectivity index (χ4v) is 4.35. The van der Waals surface area contributed by atoms with Gasteiger partial charge in [-0.3, -0.25) is 9.59 Å². The van der Waals surface area contributed by atoms with Crippen molar-refractivity contribution in [3.05, 3.63) is 95.1 Å². The lowest BCUT2D eigenvalue weighted by Crippen LogP contribution is -2.24. The van der Waals surface area contributed by atoms with Crippen LogP contribution in [0.3, 0.4) is 0 Å². The highest BCUT2D eigenvalue weighted by atomic mass is 16.1. The van der Waals surface area contributed by atoms with Gasteiger partial charge in [0.05, 0.1) is 0 Å². The van der Waals surface area contributed by atoms with E-state index >= 15 is 0 Å². The molecule has 2 aliphatic carbocycles. The number of carbonyl (C=O) groups excluding carboxylic acids is 2. The Morgan fingerprint density at radius 3 is 1.35 bits per heavy atom. The Labute approximate surface area is 182 Å². The maximum absolute atomic E-state index is 12.3. The van der Waals surface area contributed by atoms with Crippen LogP contribution >= 0.6 is 0 Å². The minimum atomic E-state index is -0.429. The van der Waals surface area contributed by atoms with E-state index in [1.165, 1.54) is 0 Å². The molecule has 0 fully saturated rings. The van der Waals surface area contributed by atoms with Gasteiger partial charge >= 0.3 is 0 Å². The Morgan fingerprint density at radius 1 is 0.645 bits per heavy atom. The summed E-state index contributed by atoms with van der Waals surface area (Å²) in [7, 11) is 0. The van der Waals surface area contributed by atoms with Gasteiger partial charge in [0, 0.05) is 29.6 Å². The Hall–Kier alpha value is -3.66. The largest absolute Gasteiger partial charge is 0.399 e. The molecule has 0 saturated carbocycles. The number of carbonyl (C=O) groups is 2. The highest BCUT2D eigenvalue weighted by Gasteiger charge is 2.35. The van der Waals surface area contributed by atoms with E-state index in [9.17, 15) is 9.59 Å². The van der Waals surface area contributed by atoms with Gasteiger partial charge in [-0.1, -0.05) is 50.3 Å². The van der Waals surface area contributed by atoms with E-state index in [4.69, 9.17) is 11.5 Å². The smallest absolute Gasteiger partial charge is 0.160 e. The summed E-state index contributed by atoms with van der Waals surface area (Å²) in [4.78, 5) is 24.6. The van der Waals surface area contributed by atoms with Gasteiger partial charge in [-0.15, -0.1) is 0 Å². The molecule has 0 atom stereocenters. The summed E-state index contributed by atoms with van der Waals surface area (Å²) in [6, 6.07) is 15.2. The third-order valence-electron chi connectivity index (χ3n) is 6.00. The third kappa shape index (κ3) is 4.02. The van der Waals surface area contributed by atoms with Crippen LogP contribution in [0.15, 0.2) is 84.0 Å². The lowest BCUT2D eigenvalue weighted by Gasteiger charge is -2.36. The van der Waals surface area contributed by atoms with Crippen LogP contribution in [0.5, 0.6) is 0 Å². The molecule has 4 heteroatoms. The van der Waals surface area contributed by atoms with Gasteiger partial charge in [-0.05, 0) is 69.8 Å². The van der Waals surface area contributed by atoms with E-state index in [1.54, 1.807) is 12.2 Å². The standard InChI is InChI=1S/C27H26N2O2/c1-27(2,25-13-11-21(30)15-23(25)17-3-7-19(28)8-4-17)26-14-12-22(31)16-24(26)18-5-9-20(29)10-6-18/h3-10,13-16H,11-12,28-29H2,1-2H3. The number of ketones is 2. The van der Waals surface area contributed by atoms with Crippen LogP contribution in [0.4, 0.5) is 11.4 Å². The van der Waals surface area contributed by atoms with Crippen molar-refractivity contribution in [1.82, 2.24) is 0 Å². The summed E-state index contributed by atoms with van der Waals surface area (Å²) in [5, 5.41) is 0. The summed E-state index contributed by atoms with van der Waals surface area (Å²) in [6.45, 7) is 4.29. The molecule has 0 heterocycles. The summed E-state index contributed by atoms with van der Waals surface area (Å²) in [5.41, 5.74) is 18.5. The number of anilines is 2. The predicted molar refractivity (Wildman–Crippen MR) is 127 cm³/mol. The monoisotopic (exact) mass is 410 g/mol. The van der Waals surface area contributed by atoms with E-state index in [1.807, 2.05) is 60.7 Å². The first-order valence-electron chi connectivity index (χ1n) is 10.4.